The maximum Gasteiger partial charge on any atom is 0.252 e. The number of aliphatic hydroxyl groups is 2. The minimum atomic E-state index is -0.755. The molecule has 0 aliphatic heterocycles. The summed E-state index contributed by atoms with van der Waals surface area (Å²) in [5.74, 6) is 0.704. The van der Waals surface area contributed by atoms with Crippen molar-refractivity contribution in [2.45, 2.75) is 12.6 Å². The molecule has 3 rings (SSSR count). The number of primary amides is 1. The minimum Gasteiger partial charge on any atom is -0.507 e. The summed E-state index contributed by atoms with van der Waals surface area (Å²) in [6.45, 7) is 1.99. The van der Waals surface area contributed by atoms with Gasteiger partial charge in [-0.15, -0.1) is 0 Å². The van der Waals surface area contributed by atoms with Crippen molar-refractivity contribution >= 4 is 5.91 Å². The predicted octanol–water partition coefficient (Wildman–Crippen LogP) is 2.18. The van der Waals surface area contributed by atoms with Crippen LogP contribution in [0, 0.1) is 0 Å². The Hall–Kier alpha value is -3.79. The van der Waals surface area contributed by atoms with Crippen molar-refractivity contribution in [2.75, 3.05) is 39.5 Å². The SMILES string of the molecule is NC(=O)c1cc(OCCN(Cc2ccccc2)CC(O)COc2ccc(OCCO)cc2)ccc1O. The summed E-state index contributed by atoms with van der Waals surface area (Å²) in [6.07, 6.45) is -0.755. The highest BCUT2D eigenvalue weighted by Gasteiger charge is 2.15. The van der Waals surface area contributed by atoms with Crippen LogP contribution in [0.1, 0.15) is 15.9 Å². The molecule has 1 atom stereocenters. The Morgan fingerprint density at radius 1 is 0.889 bits per heavy atom. The van der Waals surface area contributed by atoms with Gasteiger partial charge < -0.3 is 35.3 Å². The molecule has 0 fully saturated rings. The van der Waals surface area contributed by atoms with E-state index in [9.17, 15) is 15.0 Å². The molecule has 0 aromatic heterocycles. The third kappa shape index (κ3) is 8.77. The number of nitrogens with two attached hydrogens (primary N) is 1. The number of amides is 1. The highest BCUT2D eigenvalue weighted by molar-refractivity contribution is 5.95. The topological polar surface area (TPSA) is 135 Å². The highest BCUT2D eigenvalue weighted by Crippen LogP contribution is 2.22. The smallest absolute Gasteiger partial charge is 0.252 e. The van der Waals surface area contributed by atoms with Crippen LogP contribution in [0.3, 0.4) is 0 Å². The van der Waals surface area contributed by atoms with Crippen LogP contribution in [-0.4, -0.2) is 71.7 Å². The number of ether oxygens (including phenoxy) is 3. The molecule has 192 valence electrons. The van der Waals surface area contributed by atoms with Gasteiger partial charge in [0.05, 0.1) is 12.2 Å². The number of aromatic hydroxyl groups is 1. The van der Waals surface area contributed by atoms with Gasteiger partial charge >= 0.3 is 0 Å². The average molecular weight is 497 g/mol. The lowest BCUT2D eigenvalue weighted by atomic mass is 10.2. The van der Waals surface area contributed by atoms with Crippen molar-refractivity contribution in [3.8, 4) is 23.0 Å². The predicted molar refractivity (Wildman–Crippen MR) is 134 cm³/mol. The summed E-state index contributed by atoms with van der Waals surface area (Å²) in [5, 5.41) is 29.2. The molecule has 3 aromatic carbocycles. The Labute approximate surface area is 210 Å². The van der Waals surface area contributed by atoms with E-state index in [1.165, 1.54) is 12.1 Å². The number of carbonyl (C=O) groups excluding carboxylic acids is 1. The molecule has 36 heavy (non-hydrogen) atoms. The van der Waals surface area contributed by atoms with Crippen LogP contribution in [0.25, 0.3) is 0 Å². The van der Waals surface area contributed by atoms with Gasteiger partial charge in [-0.3, -0.25) is 9.69 Å². The molecular formula is C27H32N2O7. The number of benzene rings is 3. The Kier molecular flexibility index (Phi) is 10.4. The van der Waals surface area contributed by atoms with E-state index in [-0.39, 0.29) is 31.1 Å². The first kappa shape index (κ1) is 26.8. The van der Waals surface area contributed by atoms with E-state index in [0.717, 1.165) is 5.56 Å². The quantitative estimate of drug-likeness (QED) is 0.252. The zero-order valence-electron chi connectivity index (χ0n) is 20.0. The van der Waals surface area contributed by atoms with Gasteiger partial charge in [0.1, 0.15) is 48.9 Å². The van der Waals surface area contributed by atoms with Gasteiger partial charge in [0, 0.05) is 19.6 Å². The molecule has 5 N–H and O–H groups in total. The number of phenols is 1. The van der Waals surface area contributed by atoms with Crippen molar-refractivity contribution in [3.05, 3.63) is 83.9 Å². The molecule has 0 spiro atoms. The molecule has 0 heterocycles. The molecule has 0 saturated heterocycles. The van der Waals surface area contributed by atoms with Gasteiger partial charge in [-0.05, 0) is 48.0 Å². The van der Waals surface area contributed by atoms with Gasteiger partial charge in [0.2, 0.25) is 0 Å². The van der Waals surface area contributed by atoms with Crippen LogP contribution in [0.2, 0.25) is 0 Å². The van der Waals surface area contributed by atoms with Crippen LogP contribution in [0.15, 0.2) is 72.8 Å². The zero-order valence-corrected chi connectivity index (χ0v) is 20.0. The summed E-state index contributed by atoms with van der Waals surface area (Å²) < 4.78 is 16.8. The van der Waals surface area contributed by atoms with Crippen molar-refractivity contribution in [1.82, 2.24) is 4.90 Å². The molecule has 0 aliphatic rings. The number of carbonyl (C=O) groups is 1. The average Bonchev–Trinajstić information content (AvgIpc) is 2.88. The molecule has 9 nitrogen and oxygen atoms in total. The molecule has 1 unspecified atom stereocenters. The Morgan fingerprint density at radius 3 is 2.19 bits per heavy atom. The lowest BCUT2D eigenvalue weighted by Gasteiger charge is -2.25. The standard InChI is InChI=1S/C27H32N2O7/c28-27(33)25-16-24(10-11-26(25)32)34-14-12-29(17-20-4-2-1-3-5-20)18-21(31)19-36-23-8-6-22(7-9-23)35-15-13-30/h1-11,16,21,30-32H,12-15,17-19H2,(H2,28,33). The van der Waals surface area contributed by atoms with Crippen molar-refractivity contribution in [1.29, 1.82) is 0 Å². The minimum absolute atomic E-state index is 0.00537. The molecule has 9 heteroatoms. The fourth-order valence-electron chi connectivity index (χ4n) is 3.51. The lowest BCUT2D eigenvalue weighted by molar-refractivity contribution is 0.0604. The largest absolute Gasteiger partial charge is 0.507 e. The van der Waals surface area contributed by atoms with Crippen molar-refractivity contribution < 1.29 is 34.3 Å². The molecule has 0 aliphatic carbocycles. The van der Waals surface area contributed by atoms with E-state index in [1.807, 2.05) is 35.2 Å². The first-order valence-electron chi connectivity index (χ1n) is 11.6. The normalized spacial score (nSPS) is 11.8. The number of rotatable bonds is 15. The zero-order chi connectivity index (χ0) is 25.8. The third-order valence-corrected chi connectivity index (χ3v) is 5.25. The van der Waals surface area contributed by atoms with E-state index in [0.29, 0.717) is 43.5 Å². The molecule has 0 radical (unpaired) electrons. The van der Waals surface area contributed by atoms with Gasteiger partial charge in [0.25, 0.3) is 5.91 Å². The number of hydrogen-bond acceptors (Lipinski definition) is 8. The maximum absolute atomic E-state index is 11.4. The van der Waals surface area contributed by atoms with Crippen LogP contribution in [-0.2, 0) is 6.54 Å². The van der Waals surface area contributed by atoms with Crippen LogP contribution in [0.4, 0.5) is 0 Å². The monoisotopic (exact) mass is 496 g/mol. The Bertz CT molecular complexity index is 1080. The number of nitrogens with zero attached hydrogens (tertiary/aromatic N) is 1. The van der Waals surface area contributed by atoms with E-state index in [1.54, 1.807) is 30.3 Å². The first-order chi connectivity index (χ1) is 17.4. The van der Waals surface area contributed by atoms with Crippen LogP contribution < -0.4 is 19.9 Å². The van der Waals surface area contributed by atoms with E-state index in [4.69, 9.17) is 25.1 Å². The van der Waals surface area contributed by atoms with E-state index in [2.05, 4.69) is 0 Å². The fourth-order valence-corrected chi connectivity index (χ4v) is 3.51. The molecular weight excluding hydrogens is 464 g/mol. The van der Waals surface area contributed by atoms with Gasteiger partial charge in [-0.25, -0.2) is 0 Å². The van der Waals surface area contributed by atoms with Crippen LogP contribution in [0.5, 0.6) is 23.0 Å². The third-order valence-electron chi connectivity index (χ3n) is 5.25. The Balaban J connectivity index is 1.54. The molecule has 0 bridgehead atoms. The summed E-state index contributed by atoms with van der Waals surface area (Å²) in [4.78, 5) is 13.5. The molecule has 3 aromatic rings. The second-order valence-corrected chi connectivity index (χ2v) is 8.12. The number of aliphatic hydroxyl groups excluding tert-OH is 2. The summed E-state index contributed by atoms with van der Waals surface area (Å²) in [6, 6.07) is 21.2. The summed E-state index contributed by atoms with van der Waals surface area (Å²) in [7, 11) is 0. The van der Waals surface area contributed by atoms with Crippen molar-refractivity contribution in [3.63, 3.8) is 0 Å². The van der Waals surface area contributed by atoms with E-state index >= 15 is 0 Å². The second kappa shape index (κ2) is 13.9. The van der Waals surface area contributed by atoms with Gasteiger partial charge in [0.15, 0.2) is 0 Å². The second-order valence-electron chi connectivity index (χ2n) is 8.12. The fraction of sp³-hybridized carbons (Fsp3) is 0.296. The Morgan fingerprint density at radius 2 is 1.53 bits per heavy atom. The summed E-state index contributed by atoms with van der Waals surface area (Å²) in [5.41, 5.74) is 6.36. The number of hydrogen-bond donors (Lipinski definition) is 4. The molecule has 0 saturated carbocycles. The summed E-state index contributed by atoms with van der Waals surface area (Å²) >= 11 is 0. The lowest BCUT2D eigenvalue weighted by Crippen LogP contribution is -2.37. The van der Waals surface area contributed by atoms with Gasteiger partial charge in [-0.1, -0.05) is 30.3 Å². The highest BCUT2D eigenvalue weighted by atomic mass is 16.5. The maximum atomic E-state index is 11.4. The van der Waals surface area contributed by atoms with E-state index < -0.39 is 12.0 Å². The van der Waals surface area contributed by atoms with Crippen molar-refractivity contribution in [2.24, 2.45) is 5.73 Å². The van der Waals surface area contributed by atoms with Gasteiger partial charge in [-0.2, -0.15) is 0 Å². The van der Waals surface area contributed by atoms with Crippen LogP contribution >= 0.6 is 0 Å². The first-order valence-corrected chi connectivity index (χ1v) is 11.6. The molecule has 1 amide bonds.